The number of amides is 3. The molecule has 1 saturated carbocycles. The molecule has 33 heavy (non-hydrogen) atoms. The van der Waals surface area contributed by atoms with Gasteiger partial charge in [0.15, 0.2) is 0 Å². The van der Waals surface area contributed by atoms with Crippen molar-refractivity contribution in [2.75, 3.05) is 19.6 Å². The first kappa shape index (κ1) is 30.4. The molecule has 0 spiro atoms. The molecule has 2 fully saturated rings. The monoisotopic (exact) mass is 474 g/mol. The van der Waals surface area contributed by atoms with E-state index in [2.05, 4.69) is 18.8 Å². The van der Waals surface area contributed by atoms with Crippen LogP contribution in [0, 0.1) is 34.5 Å². The van der Waals surface area contributed by atoms with E-state index in [1.54, 1.807) is 11.4 Å². The molecule has 2 N–H and O–H groups in total. The average molecular weight is 475 g/mol. The molecule has 2 aliphatic rings. The van der Waals surface area contributed by atoms with Crippen molar-refractivity contribution in [1.82, 2.24) is 15.5 Å². The molecule has 7 nitrogen and oxygen atoms in total. The summed E-state index contributed by atoms with van der Waals surface area (Å²) in [6.45, 7) is 14.2. The maximum Gasteiger partial charge on any atom is 0.471 e. The van der Waals surface area contributed by atoms with E-state index in [-0.39, 0.29) is 23.3 Å². The topological polar surface area (TPSA) is 102 Å². The third kappa shape index (κ3) is 12.9. The fourth-order valence-corrected chi connectivity index (χ4v) is 2.72. The second kappa shape index (κ2) is 13.9. The number of halogens is 3. The minimum atomic E-state index is -4.95. The van der Waals surface area contributed by atoms with E-state index in [0.717, 1.165) is 5.92 Å². The van der Waals surface area contributed by atoms with Crippen molar-refractivity contribution in [2.24, 2.45) is 23.2 Å². The van der Waals surface area contributed by atoms with Gasteiger partial charge in [-0.05, 0) is 29.6 Å². The summed E-state index contributed by atoms with van der Waals surface area (Å²) in [7, 11) is 0. The van der Waals surface area contributed by atoms with E-state index in [0.29, 0.717) is 25.9 Å². The molecule has 0 aromatic heterocycles. The number of rotatable bonds is 7. The zero-order chi connectivity index (χ0) is 25.8. The van der Waals surface area contributed by atoms with Gasteiger partial charge in [0, 0.05) is 13.1 Å². The maximum atomic E-state index is 11.9. The molecule has 1 aliphatic heterocycles. The van der Waals surface area contributed by atoms with Crippen LogP contribution in [0.5, 0.6) is 0 Å². The quantitative estimate of drug-likeness (QED) is 0.436. The van der Waals surface area contributed by atoms with Gasteiger partial charge in [-0.2, -0.15) is 18.4 Å². The molecule has 2 rings (SSSR count). The van der Waals surface area contributed by atoms with Gasteiger partial charge in [0.2, 0.25) is 12.3 Å². The molecule has 1 aliphatic carbocycles. The van der Waals surface area contributed by atoms with Gasteiger partial charge in [-0.25, -0.2) is 0 Å². The van der Waals surface area contributed by atoms with Crippen LogP contribution in [0.3, 0.4) is 0 Å². The zero-order valence-corrected chi connectivity index (χ0v) is 20.2. The Balaban J connectivity index is 0.000000574. The lowest BCUT2D eigenvalue weighted by Crippen LogP contribution is -2.44. The summed E-state index contributed by atoms with van der Waals surface area (Å²) in [5.41, 5.74) is -0.0519. The number of nitrogens with one attached hydrogen (secondary N) is 2. The molecule has 10 heteroatoms. The molecule has 2 unspecified atom stereocenters. The van der Waals surface area contributed by atoms with E-state index in [1.165, 1.54) is 17.7 Å². The predicted octanol–water partition coefficient (Wildman–Crippen LogP) is 3.42. The van der Waals surface area contributed by atoms with Crippen LogP contribution < -0.4 is 10.6 Å². The van der Waals surface area contributed by atoms with Gasteiger partial charge in [0.25, 0.3) is 0 Å². The summed E-state index contributed by atoms with van der Waals surface area (Å²) in [6, 6.07) is 1.59. The normalized spacial score (nSPS) is 20.5. The van der Waals surface area contributed by atoms with Gasteiger partial charge >= 0.3 is 12.1 Å². The van der Waals surface area contributed by atoms with Crippen molar-refractivity contribution >= 4 is 18.2 Å². The third-order valence-corrected chi connectivity index (χ3v) is 5.74. The number of carbonyl (C=O) groups excluding carboxylic acids is 3. The Labute approximate surface area is 194 Å². The Morgan fingerprint density at radius 2 is 1.85 bits per heavy atom. The van der Waals surface area contributed by atoms with Crippen molar-refractivity contribution in [3.8, 4) is 6.07 Å². The van der Waals surface area contributed by atoms with Crippen LogP contribution in [-0.4, -0.2) is 55.0 Å². The number of likely N-dealkylation sites (tertiary alicyclic amines) is 1. The molecular formula is C23H37F3N4O3. The zero-order valence-electron chi connectivity index (χ0n) is 20.2. The SMILES string of the molecule is C=CC(C)CC(C#N)NC=O.CC1CC1.C[C@H]1CN(C(=O)CNC(=O)C(F)(F)F)CC1(C)C. The smallest absolute Gasteiger partial charge is 0.343 e. The van der Waals surface area contributed by atoms with Crippen molar-refractivity contribution < 1.29 is 27.6 Å². The fraction of sp³-hybridized carbons (Fsp3) is 0.739. The van der Waals surface area contributed by atoms with E-state index in [1.807, 2.05) is 33.8 Å². The molecular weight excluding hydrogens is 437 g/mol. The van der Waals surface area contributed by atoms with Crippen LogP contribution in [0.15, 0.2) is 12.7 Å². The van der Waals surface area contributed by atoms with Gasteiger partial charge in [-0.1, -0.05) is 53.5 Å². The number of nitrogens with zero attached hydrogens (tertiary/aromatic N) is 2. The number of allylic oxidation sites excluding steroid dienone is 1. The lowest BCUT2D eigenvalue weighted by Gasteiger charge is -2.22. The highest BCUT2D eigenvalue weighted by Gasteiger charge is 2.41. The first-order chi connectivity index (χ1) is 15.2. The first-order valence-electron chi connectivity index (χ1n) is 11.0. The summed E-state index contributed by atoms with van der Waals surface area (Å²) < 4.78 is 35.8. The summed E-state index contributed by atoms with van der Waals surface area (Å²) in [4.78, 5) is 33.7. The van der Waals surface area contributed by atoms with E-state index < -0.39 is 24.5 Å². The van der Waals surface area contributed by atoms with Gasteiger partial charge < -0.3 is 15.5 Å². The molecule has 3 amide bonds. The van der Waals surface area contributed by atoms with Gasteiger partial charge in [-0.15, -0.1) is 6.58 Å². The lowest BCUT2D eigenvalue weighted by atomic mass is 9.84. The van der Waals surface area contributed by atoms with Gasteiger partial charge in [0.05, 0.1) is 12.6 Å². The van der Waals surface area contributed by atoms with Crippen molar-refractivity contribution in [1.29, 1.82) is 5.26 Å². The van der Waals surface area contributed by atoms with Crippen LogP contribution in [0.25, 0.3) is 0 Å². The van der Waals surface area contributed by atoms with E-state index >= 15 is 0 Å². The summed E-state index contributed by atoms with van der Waals surface area (Å²) in [5.74, 6) is -0.945. The molecule has 0 aromatic rings. The first-order valence-corrected chi connectivity index (χ1v) is 11.0. The summed E-state index contributed by atoms with van der Waals surface area (Å²) in [5, 5.41) is 12.5. The second-order valence-corrected chi connectivity index (χ2v) is 9.44. The number of nitriles is 1. The van der Waals surface area contributed by atoms with Gasteiger partial charge in [0.1, 0.15) is 6.04 Å². The van der Waals surface area contributed by atoms with Crippen molar-refractivity contribution in [2.45, 2.75) is 66.1 Å². The van der Waals surface area contributed by atoms with Crippen LogP contribution in [-0.2, 0) is 14.4 Å². The largest absolute Gasteiger partial charge is 0.471 e. The van der Waals surface area contributed by atoms with Crippen LogP contribution in [0.1, 0.15) is 53.9 Å². The Hall–Kier alpha value is -2.57. The molecule has 0 aromatic carbocycles. The maximum absolute atomic E-state index is 11.9. The fourth-order valence-electron chi connectivity index (χ4n) is 2.72. The summed E-state index contributed by atoms with van der Waals surface area (Å²) in [6.07, 6.45) is 0.955. The molecule has 1 saturated heterocycles. The second-order valence-electron chi connectivity index (χ2n) is 9.44. The van der Waals surface area contributed by atoms with Crippen molar-refractivity contribution in [3.05, 3.63) is 12.7 Å². The third-order valence-electron chi connectivity index (χ3n) is 5.74. The Kier molecular flexibility index (Phi) is 12.8. The standard InChI is InChI=1S/C11H17F3N2O2.C8H12N2O.C4H8/c1-7-5-16(6-10(7,2)3)8(17)4-15-9(18)11(12,13)14;1-3-7(2)4-8(5-9)10-6-11;1-4-2-3-4/h7H,4-6H2,1-3H3,(H,15,18);3,6-8H,1,4H2,2H3,(H,10,11);4H,2-3H2,1H3/t7-;;/m0../s1. The van der Waals surface area contributed by atoms with E-state index in [4.69, 9.17) is 5.26 Å². The average Bonchev–Trinajstić information content (AvgIpc) is 3.46. The Bertz CT molecular complexity index is 700. The molecule has 0 bridgehead atoms. The highest BCUT2D eigenvalue weighted by Crippen LogP contribution is 2.34. The van der Waals surface area contributed by atoms with E-state index in [9.17, 15) is 27.6 Å². The lowest BCUT2D eigenvalue weighted by molar-refractivity contribution is -0.174. The number of hydrogen-bond donors (Lipinski definition) is 2. The Morgan fingerprint density at radius 3 is 2.18 bits per heavy atom. The number of hydrogen-bond acceptors (Lipinski definition) is 4. The van der Waals surface area contributed by atoms with Crippen LogP contribution in [0.4, 0.5) is 13.2 Å². The molecule has 0 radical (unpaired) electrons. The summed E-state index contributed by atoms with van der Waals surface area (Å²) >= 11 is 0. The molecule has 3 atom stereocenters. The minimum Gasteiger partial charge on any atom is -0.343 e. The Morgan fingerprint density at radius 1 is 1.30 bits per heavy atom. The minimum absolute atomic E-state index is 0.0519. The van der Waals surface area contributed by atoms with Gasteiger partial charge in [-0.3, -0.25) is 14.4 Å². The number of alkyl halides is 3. The van der Waals surface area contributed by atoms with Crippen molar-refractivity contribution in [3.63, 3.8) is 0 Å². The van der Waals surface area contributed by atoms with Crippen LogP contribution in [0.2, 0.25) is 0 Å². The highest BCUT2D eigenvalue weighted by atomic mass is 19.4. The highest BCUT2D eigenvalue weighted by molar-refractivity contribution is 5.87. The molecule has 1 heterocycles. The predicted molar refractivity (Wildman–Crippen MR) is 120 cm³/mol. The number of carbonyl (C=O) groups is 3. The molecule has 188 valence electrons. The van der Waals surface area contributed by atoms with Crippen LogP contribution >= 0.6 is 0 Å².